The van der Waals surface area contributed by atoms with Gasteiger partial charge in [-0.05, 0) is 25.0 Å². The monoisotopic (exact) mass is 328 g/mol. The average molecular weight is 328 g/mol. The van der Waals surface area contributed by atoms with Crippen molar-refractivity contribution in [2.45, 2.75) is 31.0 Å². The van der Waals surface area contributed by atoms with Gasteiger partial charge in [-0.1, -0.05) is 6.07 Å². The van der Waals surface area contributed by atoms with Crippen LogP contribution < -0.4 is 4.74 Å². The van der Waals surface area contributed by atoms with Crippen LogP contribution in [0.2, 0.25) is 0 Å². The molecule has 2 aromatic rings. The van der Waals surface area contributed by atoms with Gasteiger partial charge >= 0.3 is 0 Å². The van der Waals surface area contributed by atoms with Gasteiger partial charge in [0.15, 0.2) is 0 Å². The summed E-state index contributed by atoms with van der Waals surface area (Å²) in [6, 6.07) is 7.31. The molecule has 126 valence electrons. The van der Waals surface area contributed by atoms with Crippen LogP contribution in [0, 0.1) is 0 Å². The Kier molecular flexibility index (Phi) is 3.98. The lowest BCUT2D eigenvalue weighted by atomic mass is 9.89. The first-order chi connectivity index (χ1) is 11.7. The summed E-state index contributed by atoms with van der Waals surface area (Å²) >= 11 is 0. The zero-order valence-corrected chi connectivity index (χ0v) is 13.4. The molecule has 4 heterocycles. The van der Waals surface area contributed by atoms with Crippen LogP contribution in [0.4, 0.5) is 0 Å². The van der Waals surface area contributed by atoms with E-state index in [1.165, 1.54) is 12.5 Å². The molecule has 1 spiro atoms. The molecule has 0 aliphatic carbocycles. The predicted octanol–water partition coefficient (Wildman–Crippen LogP) is 2.52. The summed E-state index contributed by atoms with van der Waals surface area (Å²) in [5.74, 6) is 0.616. The van der Waals surface area contributed by atoms with Crippen molar-refractivity contribution in [3.63, 3.8) is 0 Å². The van der Waals surface area contributed by atoms with Crippen LogP contribution in [0.1, 0.15) is 29.6 Å². The summed E-state index contributed by atoms with van der Waals surface area (Å²) in [6.45, 7) is 1.88. The Morgan fingerprint density at radius 2 is 2.33 bits per heavy atom. The molecule has 0 unspecified atom stereocenters. The fraction of sp³-hybridized carbons (Fsp3) is 0.444. The Bertz CT molecular complexity index is 688. The van der Waals surface area contributed by atoms with Crippen LogP contribution >= 0.6 is 0 Å². The van der Waals surface area contributed by atoms with Crippen molar-refractivity contribution in [2.75, 3.05) is 19.7 Å². The molecule has 6 heteroatoms. The van der Waals surface area contributed by atoms with Crippen molar-refractivity contribution in [3.05, 3.63) is 48.6 Å². The molecule has 24 heavy (non-hydrogen) atoms. The largest absolute Gasteiger partial charge is 0.472 e. The van der Waals surface area contributed by atoms with Gasteiger partial charge in [-0.25, -0.2) is 4.98 Å². The number of carbonyl (C=O) groups is 1. The molecule has 2 aliphatic heterocycles. The van der Waals surface area contributed by atoms with Crippen molar-refractivity contribution >= 4 is 5.91 Å². The van der Waals surface area contributed by atoms with Crippen LogP contribution in [0.25, 0.3) is 0 Å². The van der Waals surface area contributed by atoms with Crippen molar-refractivity contribution in [2.24, 2.45) is 0 Å². The molecule has 0 N–H and O–H groups in total. The lowest BCUT2D eigenvalue weighted by molar-refractivity contribution is -0.0453. The minimum Gasteiger partial charge on any atom is -0.472 e. The standard InChI is InChI=1S/C18H20N2O4/c21-17(14-5-9-22-11-14)20-8-3-6-18(13-20)10-15(12-23-18)24-16-4-1-2-7-19-16/h1-2,4-5,7,9,11,15H,3,6,8,10,12-13H2/t15-,18-/m0/s1. The molecule has 2 saturated heterocycles. The minimum absolute atomic E-state index is 0.000481. The van der Waals surface area contributed by atoms with Gasteiger partial charge in [-0.3, -0.25) is 4.79 Å². The van der Waals surface area contributed by atoms with E-state index >= 15 is 0 Å². The Hall–Kier alpha value is -2.34. The number of ether oxygens (including phenoxy) is 2. The summed E-state index contributed by atoms with van der Waals surface area (Å²) < 4.78 is 17.0. The smallest absolute Gasteiger partial charge is 0.257 e. The quantitative estimate of drug-likeness (QED) is 0.866. The van der Waals surface area contributed by atoms with E-state index in [9.17, 15) is 4.79 Å². The van der Waals surface area contributed by atoms with E-state index < -0.39 is 0 Å². The third-order valence-corrected chi connectivity index (χ3v) is 4.70. The first-order valence-corrected chi connectivity index (χ1v) is 8.27. The summed E-state index contributed by atoms with van der Waals surface area (Å²) in [7, 11) is 0. The normalized spacial score (nSPS) is 26.7. The van der Waals surface area contributed by atoms with Gasteiger partial charge in [0.2, 0.25) is 5.88 Å². The van der Waals surface area contributed by atoms with Crippen LogP contribution in [0.3, 0.4) is 0 Å². The van der Waals surface area contributed by atoms with Crippen LogP contribution in [0.15, 0.2) is 47.4 Å². The fourth-order valence-corrected chi connectivity index (χ4v) is 3.59. The molecule has 1 amide bonds. The molecule has 0 radical (unpaired) electrons. The number of hydrogen-bond donors (Lipinski definition) is 0. The molecule has 2 aliphatic rings. The lowest BCUT2D eigenvalue weighted by Crippen LogP contribution is -2.50. The summed E-state index contributed by atoms with van der Waals surface area (Å²) in [5, 5.41) is 0. The molecular weight excluding hydrogens is 308 g/mol. The number of likely N-dealkylation sites (tertiary alicyclic amines) is 1. The highest BCUT2D eigenvalue weighted by Crippen LogP contribution is 2.36. The van der Waals surface area contributed by atoms with Crippen LogP contribution in [-0.4, -0.2) is 47.2 Å². The molecular formula is C18H20N2O4. The third kappa shape index (κ3) is 3.01. The summed E-state index contributed by atoms with van der Waals surface area (Å²) in [4.78, 5) is 18.6. The Labute approximate surface area is 140 Å². The van der Waals surface area contributed by atoms with Gasteiger partial charge < -0.3 is 18.8 Å². The van der Waals surface area contributed by atoms with E-state index in [1.54, 1.807) is 12.3 Å². The van der Waals surface area contributed by atoms with Crippen molar-refractivity contribution in [1.29, 1.82) is 0 Å². The van der Waals surface area contributed by atoms with Gasteiger partial charge in [-0.2, -0.15) is 0 Å². The zero-order valence-electron chi connectivity index (χ0n) is 13.4. The number of amides is 1. The number of aromatic nitrogens is 1. The maximum absolute atomic E-state index is 12.5. The molecule has 2 aromatic heterocycles. The topological polar surface area (TPSA) is 64.8 Å². The maximum atomic E-state index is 12.5. The Balaban J connectivity index is 1.41. The number of nitrogens with zero attached hydrogens (tertiary/aromatic N) is 2. The van der Waals surface area contributed by atoms with Crippen LogP contribution in [0.5, 0.6) is 5.88 Å². The van der Waals surface area contributed by atoms with Gasteiger partial charge in [0.25, 0.3) is 5.91 Å². The highest BCUT2D eigenvalue weighted by Gasteiger charge is 2.45. The minimum atomic E-state index is -0.308. The number of pyridine rings is 1. The van der Waals surface area contributed by atoms with Gasteiger partial charge in [0.1, 0.15) is 12.4 Å². The van der Waals surface area contributed by atoms with Gasteiger partial charge in [0, 0.05) is 25.2 Å². The Morgan fingerprint density at radius 1 is 1.38 bits per heavy atom. The van der Waals surface area contributed by atoms with E-state index in [4.69, 9.17) is 13.9 Å². The molecule has 0 aromatic carbocycles. The molecule has 0 bridgehead atoms. The van der Waals surface area contributed by atoms with E-state index in [1.807, 2.05) is 23.1 Å². The second kappa shape index (κ2) is 6.28. The third-order valence-electron chi connectivity index (χ3n) is 4.70. The van der Waals surface area contributed by atoms with Gasteiger partial charge in [0.05, 0.1) is 30.6 Å². The molecule has 0 saturated carbocycles. The predicted molar refractivity (Wildman–Crippen MR) is 85.8 cm³/mol. The second-order valence-electron chi connectivity index (χ2n) is 6.45. The Morgan fingerprint density at radius 3 is 3.12 bits per heavy atom. The van der Waals surface area contributed by atoms with E-state index in [2.05, 4.69) is 4.98 Å². The van der Waals surface area contributed by atoms with Crippen molar-refractivity contribution in [3.8, 4) is 5.88 Å². The van der Waals surface area contributed by atoms with E-state index in [0.29, 0.717) is 24.6 Å². The van der Waals surface area contributed by atoms with Crippen molar-refractivity contribution in [1.82, 2.24) is 9.88 Å². The van der Waals surface area contributed by atoms with Crippen molar-refractivity contribution < 1.29 is 18.7 Å². The number of furan rings is 1. The van der Waals surface area contributed by atoms with Gasteiger partial charge in [-0.15, -0.1) is 0 Å². The highest BCUT2D eigenvalue weighted by molar-refractivity contribution is 5.93. The summed E-state index contributed by atoms with van der Waals surface area (Å²) in [6.07, 6.45) is 7.36. The number of rotatable bonds is 3. The molecule has 6 nitrogen and oxygen atoms in total. The zero-order chi connectivity index (χ0) is 16.4. The average Bonchev–Trinajstić information content (AvgIpc) is 3.26. The first kappa shape index (κ1) is 15.2. The molecule has 2 atom stereocenters. The van der Waals surface area contributed by atoms with E-state index in [-0.39, 0.29) is 17.6 Å². The molecule has 2 fully saturated rings. The lowest BCUT2D eigenvalue weighted by Gasteiger charge is -2.39. The molecule has 4 rings (SSSR count). The van der Waals surface area contributed by atoms with Crippen LogP contribution in [-0.2, 0) is 4.74 Å². The summed E-state index contributed by atoms with van der Waals surface area (Å²) in [5.41, 5.74) is 0.281. The highest BCUT2D eigenvalue weighted by atomic mass is 16.6. The number of hydrogen-bond acceptors (Lipinski definition) is 5. The fourth-order valence-electron chi connectivity index (χ4n) is 3.59. The second-order valence-corrected chi connectivity index (χ2v) is 6.45. The van der Waals surface area contributed by atoms with E-state index in [0.717, 1.165) is 25.8 Å². The first-order valence-electron chi connectivity index (χ1n) is 8.27. The number of piperidine rings is 1. The SMILES string of the molecule is O=C(c1ccoc1)N1CCC[C@]2(C[C@H](Oc3ccccn3)CO2)C1. The number of carbonyl (C=O) groups excluding carboxylic acids is 1. The maximum Gasteiger partial charge on any atom is 0.257 e.